The van der Waals surface area contributed by atoms with E-state index in [1.54, 1.807) is 7.05 Å². The first-order valence-electron chi connectivity index (χ1n) is 10.5. The van der Waals surface area contributed by atoms with Gasteiger partial charge in [0.2, 0.25) is 0 Å². The molecule has 2 N–H and O–H groups in total. The Bertz CT molecular complexity index is 822. The first-order chi connectivity index (χ1) is 14.0. The molecule has 1 aromatic carbocycles. The molecule has 1 fully saturated rings. The van der Waals surface area contributed by atoms with Crippen LogP contribution in [0.1, 0.15) is 51.9 Å². The van der Waals surface area contributed by atoms with Gasteiger partial charge in [0.05, 0.1) is 0 Å². The number of carbonyl (C=O) groups is 1. The van der Waals surface area contributed by atoms with Crippen LogP contribution in [0, 0.1) is 6.92 Å². The van der Waals surface area contributed by atoms with Crippen LogP contribution in [-0.4, -0.2) is 42.9 Å². The van der Waals surface area contributed by atoms with E-state index in [1.165, 1.54) is 16.2 Å². The van der Waals surface area contributed by atoms with Crippen LogP contribution >= 0.6 is 11.3 Å². The number of carbonyl (C=O) groups excluding carboxylic acids is 1. The summed E-state index contributed by atoms with van der Waals surface area (Å²) in [5.74, 6) is 0.943. The lowest BCUT2D eigenvalue weighted by atomic mass is 10.1. The van der Waals surface area contributed by atoms with Crippen molar-refractivity contribution in [2.75, 3.05) is 20.1 Å². The summed E-state index contributed by atoms with van der Waals surface area (Å²) >= 11 is 1.84. The van der Waals surface area contributed by atoms with Gasteiger partial charge in [-0.15, -0.1) is 11.3 Å². The molecule has 2 aromatic rings. The third-order valence-corrected chi connectivity index (χ3v) is 6.24. The van der Waals surface area contributed by atoms with Gasteiger partial charge in [-0.25, -0.2) is 0 Å². The number of hydrogen-bond donors (Lipinski definition) is 2. The number of nitrogens with zero attached hydrogens (tertiary/aromatic N) is 2. The van der Waals surface area contributed by atoms with E-state index in [2.05, 4.69) is 41.6 Å². The van der Waals surface area contributed by atoms with Crippen molar-refractivity contribution < 1.29 is 4.79 Å². The number of likely N-dealkylation sites (tertiary alicyclic amines) is 1. The third kappa shape index (κ3) is 6.32. The van der Waals surface area contributed by atoms with Gasteiger partial charge in [0.1, 0.15) is 0 Å². The highest BCUT2D eigenvalue weighted by molar-refractivity contribution is 7.11. The van der Waals surface area contributed by atoms with Gasteiger partial charge in [-0.1, -0.05) is 12.1 Å². The average molecular weight is 413 g/mol. The van der Waals surface area contributed by atoms with Gasteiger partial charge in [-0.3, -0.25) is 9.79 Å². The van der Waals surface area contributed by atoms with Crippen LogP contribution in [0.4, 0.5) is 0 Å². The molecule has 3 rings (SSSR count). The Morgan fingerprint density at radius 1 is 1.14 bits per heavy atom. The molecule has 156 valence electrons. The van der Waals surface area contributed by atoms with Gasteiger partial charge in [-0.05, 0) is 62.9 Å². The highest BCUT2D eigenvalue weighted by Crippen LogP contribution is 2.17. The smallest absolute Gasteiger partial charge is 0.253 e. The number of benzene rings is 1. The Morgan fingerprint density at radius 3 is 2.48 bits per heavy atom. The molecular weight excluding hydrogens is 380 g/mol. The second-order valence-electron chi connectivity index (χ2n) is 7.74. The van der Waals surface area contributed by atoms with E-state index in [-0.39, 0.29) is 5.91 Å². The maximum atomic E-state index is 12.6. The summed E-state index contributed by atoms with van der Waals surface area (Å²) < 4.78 is 0. The summed E-state index contributed by atoms with van der Waals surface area (Å²) in [6.07, 6.45) is 4.44. The zero-order valence-corrected chi connectivity index (χ0v) is 18.5. The first kappa shape index (κ1) is 21.4. The second kappa shape index (κ2) is 10.4. The van der Waals surface area contributed by atoms with Crippen molar-refractivity contribution >= 4 is 23.2 Å². The van der Waals surface area contributed by atoms with Gasteiger partial charge >= 0.3 is 0 Å². The van der Waals surface area contributed by atoms with Crippen LogP contribution in [0.3, 0.4) is 0 Å². The van der Waals surface area contributed by atoms with Crippen molar-refractivity contribution in [2.24, 2.45) is 4.99 Å². The molecule has 5 nitrogen and oxygen atoms in total. The molecule has 2 heterocycles. The molecule has 6 heteroatoms. The molecule has 0 bridgehead atoms. The van der Waals surface area contributed by atoms with Gasteiger partial charge < -0.3 is 15.5 Å². The minimum atomic E-state index is 0.152. The molecule has 1 atom stereocenters. The molecule has 29 heavy (non-hydrogen) atoms. The van der Waals surface area contributed by atoms with E-state index < -0.39 is 0 Å². The Labute approximate surface area is 178 Å². The summed E-state index contributed by atoms with van der Waals surface area (Å²) in [5.41, 5.74) is 1.91. The van der Waals surface area contributed by atoms with Crippen molar-refractivity contribution in [3.05, 3.63) is 57.3 Å². The van der Waals surface area contributed by atoms with Crippen LogP contribution in [0.2, 0.25) is 0 Å². The first-order valence-corrected chi connectivity index (χ1v) is 11.3. The molecule has 1 aliphatic rings. The third-order valence-electron chi connectivity index (χ3n) is 5.21. The molecular formula is C23H32N4OS. The molecule has 1 saturated heterocycles. The Morgan fingerprint density at radius 2 is 1.86 bits per heavy atom. The fourth-order valence-corrected chi connectivity index (χ4v) is 4.63. The maximum absolute atomic E-state index is 12.6. The van der Waals surface area contributed by atoms with Crippen LogP contribution < -0.4 is 10.6 Å². The largest absolute Gasteiger partial charge is 0.354 e. The number of rotatable bonds is 6. The Balaban J connectivity index is 1.48. The summed E-state index contributed by atoms with van der Waals surface area (Å²) in [7, 11) is 1.79. The van der Waals surface area contributed by atoms with E-state index in [4.69, 9.17) is 0 Å². The predicted octanol–water partition coefficient (Wildman–Crippen LogP) is 3.98. The Hall–Kier alpha value is -2.34. The number of piperidine rings is 1. The van der Waals surface area contributed by atoms with Crippen LogP contribution in [0.25, 0.3) is 0 Å². The van der Waals surface area contributed by atoms with Crippen molar-refractivity contribution in [2.45, 2.75) is 52.1 Å². The molecule has 0 aliphatic carbocycles. The van der Waals surface area contributed by atoms with Gasteiger partial charge in [0.15, 0.2) is 5.96 Å². The number of hydrogen-bond acceptors (Lipinski definition) is 3. The van der Waals surface area contributed by atoms with Crippen LogP contribution in [0.5, 0.6) is 0 Å². The summed E-state index contributed by atoms with van der Waals surface area (Å²) in [5, 5.41) is 6.82. The molecule has 1 unspecified atom stereocenters. The van der Waals surface area contributed by atoms with Crippen molar-refractivity contribution in [3.8, 4) is 0 Å². The fourth-order valence-electron chi connectivity index (χ4n) is 3.61. The van der Waals surface area contributed by atoms with Crippen LogP contribution in [0.15, 0.2) is 41.4 Å². The van der Waals surface area contributed by atoms with Gasteiger partial charge in [0.25, 0.3) is 5.91 Å². The highest BCUT2D eigenvalue weighted by Gasteiger charge is 2.17. The second-order valence-corrected chi connectivity index (χ2v) is 9.11. The lowest BCUT2D eigenvalue weighted by molar-refractivity contribution is 0.0724. The molecule has 0 radical (unpaired) electrons. The molecule has 0 spiro atoms. The predicted molar refractivity (Wildman–Crippen MR) is 122 cm³/mol. The monoisotopic (exact) mass is 412 g/mol. The number of guanidine groups is 1. The van der Waals surface area contributed by atoms with Crippen LogP contribution in [-0.2, 0) is 13.0 Å². The number of nitrogens with one attached hydrogen (secondary N) is 2. The molecule has 1 aromatic heterocycles. The highest BCUT2D eigenvalue weighted by atomic mass is 32.1. The maximum Gasteiger partial charge on any atom is 0.253 e. The van der Waals surface area contributed by atoms with E-state index in [1.807, 2.05) is 40.5 Å². The number of amides is 1. The fraction of sp³-hybridized carbons (Fsp3) is 0.478. The summed E-state index contributed by atoms with van der Waals surface area (Å²) in [6, 6.07) is 12.6. The number of aliphatic imine (C=N–C) groups is 1. The number of aryl methyl sites for hydroxylation is 1. The zero-order valence-electron chi connectivity index (χ0n) is 17.7. The normalized spacial score (nSPS) is 15.8. The molecule has 0 saturated carbocycles. The van der Waals surface area contributed by atoms with E-state index in [9.17, 15) is 4.79 Å². The zero-order chi connectivity index (χ0) is 20.6. The standard InChI is InChI=1S/C23H32N4OS/c1-17(15-21-12-7-18(2)29-21)26-23(24-3)25-16-19-8-10-20(11-9-19)22(28)27-13-5-4-6-14-27/h7-12,17H,4-6,13-16H2,1-3H3,(H2,24,25,26). The van der Waals surface area contributed by atoms with E-state index >= 15 is 0 Å². The van der Waals surface area contributed by atoms with Gasteiger partial charge in [0, 0.05) is 54.5 Å². The Kier molecular flexibility index (Phi) is 7.69. The summed E-state index contributed by atoms with van der Waals surface area (Å²) in [6.45, 7) is 6.74. The lowest BCUT2D eigenvalue weighted by Gasteiger charge is -2.26. The lowest BCUT2D eigenvalue weighted by Crippen LogP contribution is -2.42. The summed E-state index contributed by atoms with van der Waals surface area (Å²) in [4.78, 5) is 21.6. The minimum absolute atomic E-state index is 0.152. The van der Waals surface area contributed by atoms with Crippen molar-refractivity contribution in [1.29, 1.82) is 0 Å². The topological polar surface area (TPSA) is 56.7 Å². The molecule has 1 amide bonds. The van der Waals surface area contributed by atoms with Crippen molar-refractivity contribution in [3.63, 3.8) is 0 Å². The number of thiophene rings is 1. The van der Waals surface area contributed by atoms with Gasteiger partial charge in [-0.2, -0.15) is 0 Å². The van der Waals surface area contributed by atoms with E-state index in [0.29, 0.717) is 12.6 Å². The average Bonchev–Trinajstić information content (AvgIpc) is 3.16. The van der Waals surface area contributed by atoms with E-state index in [0.717, 1.165) is 49.4 Å². The molecule has 1 aliphatic heterocycles. The quantitative estimate of drug-likeness (QED) is 0.557. The SMILES string of the molecule is CN=C(NCc1ccc(C(=O)N2CCCCC2)cc1)NC(C)Cc1ccc(C)s1. The minimum Gasteiger partial charge on any atom is -0.354 e. The van der Waals surface area contributed by atoms with Crippen molar-refractivity contribution in [1.82, 2.24) is 15.5 Å².